The third-order valence-electron chi connectivity index (χ3n) is 4.92. The second kappa shape index (κ2) is 9.46. The zero-order valence-electron chi connectivity index (χ0n) is 15.5. The Morgan fingerprint density at radius 2 is 1.73 bits per heavy atom. The lowest BCUT2D eigenvalue weighted by atomic mass is 10.0. The number of hydrogen-bond acceptors (Lipinski definition) is 4. The van der Waals surface area contributed by atoms with Crippen LogP contribution in [0.4, 0.5) is 0 Å². The van der Waals surface area contributed by atoms with E-state index in [1.54, 1.807) is 0 Å². The van der Waals surface area contributed by atoms with Crippen LogP contribution < -0.4 is 5.32 Å². The zero-order chi connectivity index (χ0) is 18.2. The van der Waals surface area contributed by atoms with Crippen LogP contribution in [0, 0.1) is 0 Å². The molecule has 1 unspecified atom stereocenters. The first-order chi connectivity index (χ1) is 12.7. The smallest absolute Gasteiger partial charge is 0.234 e. The Hall–Kier alpha value is -2.24. The second-order valence-electron chi connectivity index (χ2n) is 6.99. The van der Waals surface area contributed by atoms with Gasteiger partial charge in [0.1, 0.15) is 0 Å². The van der Waals surface area contributed by atoms with E-state index in [2.05, 4.69) is 45.2 Å². The highest BCUT2D eigenvalue weighted by atomic mass is 16.2. The zero-order valence-corrected chi connectivity index (χ0v) is 15.5. The largest absolute Gasteiger partial charge is 0.354 e. The van der Waals surface area contributed by atoms with E-state index in [4.69, 9.17) is 0 Å². The van der Waals surface area contributed by atoms with Gasteiger partial charge in [0, 0.05) is 45.5 Å². The van der Waals surface area contributed by atoms with Gasteiger partial charge in [-0.05, 0) is 23.6 Å². The third-order valence-corrected chi connectivity index (χ3v) is 4.92. The maximum Gasteiger partial charge on any atom is 0.234 e. The molecule has 2 aromatic rings. The summed E-state index contributed by atoms with van der Waals surface area (Å²) >= 11 is 0. The molecule has 3 rings (SSSR count). The maximum absolute atomic E-state index is 12.2. The summed E-state index contributed by atoms with van der Waals surface area (Å²) < 4.78 is 0. The lowest BCUT2D eigenvalue weighted by molar-refractivity contribution is -0.122. The van der Waals surface area contributed by atoms with Crippen molar-refractivity contribution in [1.82, 2.24) is 20.1 Å². The first-order valence-electron chi connectivity index (χ1n) is 9.37. The number of carbonyl (C=O) groups excluding carboxylic acids is 1. The van der Waals surface area contributed by atoms with Crippen molar-refractivity contribution in [1.29, 1.82) is 0 Å². The minimum atomic E-state index is 0.117. The van der Waals surface area contributed by atoms with Crippen molar-refractivity contribution in [2.24, 2.45) is 0 Å². The average molecular weight is 352 g/mol. The maximum atomic E-state index is 12.2. The number of hydrogen-bond donors (Lipinski definition) is 1. The van der Waals surface area contributed by atoms with E-state index in [0.717, 1.165) is 38.4 Å². The van der Waals surface area contributed by atoms with Crippen LogP contribution in [0.15, 0.2) is 54.7 Å². The number of benzene rings is 1. The van der Waals surface area contributed by atoms with Gasteiger partial charge in [-0.15, -0.1) is 0 Å². The summed E-state index contributed by atoms with van der Waals surface area (Å²) in [5.74, 6) is 0.446. The molecule has 138 valence electrons. The normalized spacial score (nSPS) is 17.0. The van der Waals surface area contributed by atoms with Crippen LogP contribution in [-0.4, -0.2) is 60.0 Å². The molecule has 1 amide bonds. The molecule has 5 heteroatoms. The number of piperazine rings is 1. The number of carbonyl (C=O) groups is 1. The fraction of sp³-hybridized carbons (Fsp3) is 0.429. The molecular formula is C21H28N4O. The monoisotopic (exact) mass is 352 g/mol. The number of nitrogens with one attached hydrogen (secondary N) is 1. The molecule has 0 saturated carbocycles. The standard InChI is InChI=1S/C21H28N4O/c1-18(19-7-3-2-4-8-19)15-23-21(26)17-25-13-11-24(12-14-25)16-20-9-5-6-10-22-20/h2-10,18H,11-17H2,1H3,(H,23,26). The molecule has 2 heterocycles. The quantitative estimate of drug-likeness (QED) is 0.829. The van der Waals surface area contributed by atoms with Crippen molar-refractivity contribution < 1.29 is 4.79 Å². The number of pyridine rings is 1. The Morgan fingerprint density at radius 3 is 2.42 bits per heavy atom. The van der Waals surface area contributed by atoms with E-state index in [1.165, 1.54) is 5.56 Å². The van der Waals surface area contributed by atoms with E-state index < -0.39 is 0 Å². The SMILES string of the molecule is CC(CNC(=O)CN1CCN(Cc2ccccn2)CC1)c1ccccc1. The van der Waals surface area contributed by atoms with Crippen molar-refractivity contribution in [2.45, 2.75) is 19.4 Å². The van der Waals surface area contributed by atoms with Crippen molar-refractivity contribution in [3.8, 4) is 0 Å². The summed E-state index contributed by atoms with van der Waals surface area (Å²) in [5, 5.41) is 3.08. The predicted octanol–water partition coefficient (Wildman–Crippen LogP) is 2.12. The van der Waals surface area contributed by atoms with Crippen LogP contribution in [-0.2, 0) is 11.3 Å². The van der Waals surface area contributed by atoms with Crippen molar-refractivity contribution >= 4 is 5.91 Å². The lowest BCUT2D eigenvalue weighted by Gasteiger charge is -2.34. The fourth-order valence-corrected chi connectivity index (χ4v) is 3.25. The third kappa shape index (κ3) is 5.64. The summed E-state index contributed by atoms with van der Waals surface area (Å²) in [6.45, 7) is 8.00. The van der Waals surface area contributed by atoms with Crippen LogP contribution in [0.2, 0.25) is 0 Å². The van der Waals surface area contributed by atoms with Crippen molar-refractivity contribution in [2.75, 3.05) is 39.3 Å². The predicted molar refractivity (Wildman–Crippen MR) is 104 cm³/mol. The van der Waals surface area contributed by atoms with E-state index in [1.807, 2.05) is 36.5 Å². The van der Waals surface area contributed by atoms with E-state index >= 15 is 0 Å². The highest BCUT2D eigenvalue weighted by Crippen LogP contribution is 2.13. The second-order valence-corrected chi connectivity index (χ2v) is 6.99. The molecule has 1 fully saturated rings. The highest BCUT2D eigenvalue weighted by Gasteiger charge is 2.19. The Morgan fingerprint density at radius 1 is 1.04 bits per heavy atom. The molecule has 0 bridgehead atoms. The first kappa shape index (κ1) is 18.5. The Bertz CT molecular complexity index is 669. The molecule has 26 heavy (non-hydrogen) atoms. The molecule has 0 aliphatic carbocycles. The average Bonchev–Trinajstić information content (AvgIpc) is 2.69. The molecule has 1 aliphatic rings. The van der Waals surface area contributed by atoms with E-state index in [-0.39, 0.29) is 5.91 Å². The summed E-state index contributed by atoms with van der Waals surface area (Å²) in [7, 11) is 0. The minimum Gasteiger partial charge on any atom is -0.354 e. The number of rotatable bonds is 7. The summed E-state index contributed by atoms with van der Waals surface area (Å²) in [4.78, 5) is 21.3. The molecule has 1 aliphatic heterocycles. The van der Waals surface area contributed by atoms with E-state index in [9.17, 15) is 4.79 Å². The number of amides is 1. The lowest BCUT2D eigenvalue weighted by Crippen LogP contribution is -2.49. The van der Waals surface area contributed by atoms with Gasteiger partial charge in [-0.3, -0.25) is 19.6 Å². The van der Waals surface area contributed by atoms with Gasteiger partial charge in [0.25, 0.3) is 0 Å². The topological polar surface area (TPSA) is 48.5 Å². The summed E-state index contributed by atoms with van der Waals surface area (Å²) in [5.41, 5.74) is 2.37. The Labute approximate surface area is 156 Å². The molecule has 1 saturated heterocycles. The molecule has 1 N–H and O–H groups in total. The molecule has 1 atom stereocenters. The highest BCUT2D eigenvalue weighted by molar-refractivity contribution is 5.78. The Kier molecular flexibility index (Phi) is 6.75. The molecular weight excluding hydrogens is 324 g/mol. The fourth-order valence-electron chi connectivity index (χ4n) is 3.25. The van der Waals surface area contributed by atoms with Gasteiger partial charge in [0.2, 0.25) is 5.91 Å². The molecule has 0 radical (unpaired) electrons. The number of nitrogens with zero attached hydrogens (tertiary/aromatic N) is 3. The summed E-state index contributed by atoms with van der Waals surface area (Å²) in [6, 6.07) is 16.3. The van der Waals surface area contributed by atoms with Gasteiger partial charge < -0.3 is 5.32 Å². The van der Waals surface area contributed by atoms with E-state index in [0.29, 0.717) is 19.0 Å². The van der Waals surface area contributed by atoms with Crippen LogP contribution in [0.25, 0.3) is 0 Å². The first-order valence-corrected chi connectivity index (χ1v) is 9.37. The van der Waals surface area contributed by atoms with Gasteiger partial charge >= 0.3 is 0 Å². The van der Waals surface area contributed by atoms with Gasteiger partial charge in [0.15, 0.2) is 0 Å². The van der Waals surface area contributed by atoms with Crippen LogP contribution >= 0.6 is 0 Å². The Balaban J connectivity index is 1.35. The van der Waals surface area contributed by atoms with Crippen LogP contribution in [0.5, 0.6) is 0 Å². The van der Waals surface area contributed by atoms with Gasteiger partial charge in [-0.2, -0.15) is 0 Å². The van der Waals surface area contributed by atoms with Gasteiger partial charge in [-0.25, -0.2) is 0 Å². The molecule has 1 aromatic carbocycles. The van der Waals surface area contributed by atoms with Gasteiger partial charge in [0.05, 0.1) is 12.2 Å². The van der Waals surface area contributed by atoms with Gasteiger partial charge in [-0.1, -0.05) is 43.3 Å². The van der Waals surface area contributed by atoms with Crippen LogP contribution in [0.3, 0.4) is 0 Å². The van der Waals surface area contributed by atoms with Crippen molar-refractivity contribution in [3.63, 3.8) is 0 Å². The van der Waals surface area contributed by atoms with Crippen molar-refractivity contribution in [3.05, 3.63) is 66.0 Å². The molecule has 1 aromatic heterocycles. The van der Waals surface area contributed by atoms with Crippen LogP contribution in [0.1, 0.15) is 24.1 Å². The minimum absolute atomic E-state index is 0.117. The number of aromatic nitrogens is 1. The molecule has 0 spiro atoms. The summed E-state index contributed by atoms with van der Waals surface area (Å²) in [6.07, 6.45) is 1.84. The molecule has 5 nitrogen and oxygen atoms in total.